The van der Waals surface area contributed by atoms with Crippen molar-refractivity contribution in [2.24, 2.45) is 5.92 Å². The van der Waals surface area contributed by atoms with Crippen LogP contribution in [0.3, 0.4) is 0 Å². The predicted molar refractivity (Wildman–Crippen MR) is 143 cm³/mol. The fourth-order valence-electron chi connectivity index (χ4n) is 5.13. The highest BCUT2D eigenvalue weighted by Gasteiger charge is 2.43. The van der Waals surface area contributed by atoms with E-state index >= 15 is 0 Å². The summed E-state index contributed by atoms with van der Waals surface area (Å²) in [4.78, 5) is 18.0. The van der Waals surface area contributed by atoms with Gasteiger partial charge in [0, 0.05) is 61.2 Å². The highest BCUT2D eigenvalue weighted by Crippen LogP contribution is 2.47. The van der Waals surface area contributed by atoms with Crippen LogP contribution in [0, 0.1) is 17.2 Å². The quantitative estimate of drug-likeness (QED) is 0.393. The summed E-state index contributed by atoms with van der Waals surface area (Å²) in [6, 6.07) is 6.48. The van der Waals surface area contributed by atoms with Gasteiger partial charge in [0.1, 0.15) is 5.54 Å². The topological polar surface area (TPSA) is 115 Å². The van der Waals surface area contributed by atoms with Gasteiger partial charge in [-0.25, -0.2) is 18.2 Å². The lowest BCUT2D eigenvalue weighted by atomic mass is 10.0. The van der Waals surface area contributed by atoms with E-state index in [0.717, 1.165) is 77.3 Å². The number of fused-ring (bicyclic) bond motifs is 1. The minimum Gasteiger partial charge on any atom is -0.367 e. The van der Waals surface area contributed by atoms with Gasteiger partial charge in [0.15, 0.2) is 5.01 Å². The Hall–Kier alpha value is -2.86. The van der Waals surface area contributed by atoms with Crippen LogP contribution in [0.2, 0.25) is 0 Å². The summed E-state index contributed by atoms with van der Waals surface area (Å²) in [6.45, 7) is 4.16. The summed E-state index contributed by atoms with van der Waals surface area (Å²) in [5, 5.41) is 26.4. The van der Waals surface area contributed by atoms with E-state index < -0.39 is 12.0 Å². The molecule has 2 aromatic heterocycles. The molecular formula is C25H27F2N9OS2. The molecule has 4 heterocycles. The number of benzene rings is 1. The Kier molecular flexibility index (Phi) is 6.22. The third-order valence-corrected chi connectivity index (χ3v) is 9.79. The van der Waals surface area contributed by atoms with E-state index in [-0.39, 0.29) is 16.8 Å². The molecule has 1 aromatic carbocycles. The Labute approximate surface area is 231 Å². The minimum absolute atomic E-state index is 0.0775. The van der Waals surface area contributed by atoms with Gasteiger partial charge >= 0.3 is 0 Å². The maximum atomic E-state index is 13.3. The van der Waals surface area contributed by atoms with E-state index in [2.05, 4.69) is 37.3 Å². The Bertz CT molecular complexity index is 1460. The molecule has 1 amide bonds. The summed E-state index contributed by atoms with van der Waals surface area (Å²) >= 11 is 2.26. The largest absolute Gasteiger partial charge is 0.367 e. The number of alkyl halides is 2. The van der Waals surface area contributed by atoms with Gasteiger partial charge in [-0.05, 0) is 49.8 Å². The molecule has 2 saturated heterocycles. The number of amides is 1. The van der Waals surface area contributed by atoms with Crippen LogP contribution in [0.25, 0.3) is 16.0 Å². The van der Waals surface area contributed by atoms with E-state index in [1.807, 2.05) is 11.0 Å². The Morgan fingerprint density at radius 3 is 2.56 bits per heavy atom. The fraction of sp³-hybridized carbons (Fsp3) is 0.560. The lowest BCUT2D eigenvalue weighted by Crippen LogP contribution is -2.56. The van der Waals surface area contributed by atoms with Gasteiger partial charge in [-0.1, -0.05) is 11.3 Å². The van der Waals surface area contributed by atoms with Crippen molar-refractivity contribution in [2.45, 2.75) is 48.5 Å². The molecule has 2 aliphatic carbocycles. The van der Waals surface area contributed by atoms with Crippen LogP contribution in [0.4, 0.5) is 14.5 Å². The number of halogens is 2. The van der Waals surface area contributed by atoms with E-state index in [9.17, 15) is 18.8 Å². The number of nitrogens with zero attached hydrogens (tertiary/aromatic N) is 7. The second-order valence-electron chi connectivity index (χ2n) is 10.7. The molecule has 0 atom stereocenters. The molecular weight excluding hydrogens is 544 g/mol. The van der Waals surface area contributed by atoms with Crippen molar-refractivity contribution in [3.05, 3.63) is 22.8 Å². The average Bonchev–Trinajstić information content (AvgIpc) is 3.83. The van der Waals surface area contributed by atoms with Crippen molar-refractivity contribution < 1.29 is 13.6 Å². The number of anilines is 1. The molecule has 4 fully saturated rings. The number of carbonyl (C=O) groups excluding carboxylic acids is 1. The molecule has 7 rings (SSSR count). The third kappa shape index (κ3) is 4.65. The number of rotatable bonds is 8. The van der Waals surface area contributed by atoms with Gasteiger partial charge < -0.3 is 15.1 Å². The summed E-state index contributed by atoms with van der Waals surface area (Å²) in [7, 11) is 0. The van der Waals surface area contributed by atoms with E-state index in [0.29, 0.717) is 37.2 Å². The van der Waals surface area contributed by atoms with Gasteiger partial charge in [0.05, 0.1) is 23.2 Å². The zero-order valence-corrected chi connectivity index (χ0v) is 22.7. The molecule has 2 N–H and O–H groups in total. The van der Waals surface area contributed by atoms with Crippen LogP contribution >= 0.6 is 23.3 Å². The molecule has 10 nitrogen and oxygen atoms in total. The van der Waals surface area contributed by atoms with Crippen molar-refractivity contribution in [3.8, 4) is 11.2 Å². The minimum atomic E-state index is -2.69. The van der Waals surface area contributed by atoms with Crippen LogP contribution in [-0.4, -0.2) is 75.6 Å². The maximum Gasteiger partial charge on any atom is 0.291 e. The number of nitrogens with one attached hydrogen (secondary N) is 2. The first-order valence-electron chi connectivity index (χ1n) is 13.2. The number of hydrogen-bond acceptors (Lipinski definition) is 10. The SMILES string of the molecule is N#CC1(NSc2cc(N3CCN(C(=O)C4CNC4)CC3)c3c(C4CC4)nn(-c4nnc(C(F)F)s4)c3c2)CC1. The molecule has 2 saturated carbocycles. The van der Waals surface area contributed by atoms with Crippen LogP contribution in [0.15, 0.2) is 17.0 Å². The standard InChI is InChI=1S/C25H27F2N9OS2/c26-21(27)22-30-31-24(38-22)36-18-10-16(39-33-25(13-28)3-4-25)9-17(19(18)20(32-36)14-1-2-14)34-5-7-35(8-6-34)23(37)15-11-29-12-15/h9-10,14-15,21,29,33H,1-8,11-12H2. The number of aromatic nitrogens is 4. The highest BCUT2D eigenvalue weighted by molar-refractivity contribution is 7.97. The Morgan fingerprint density at radius 2 is 1.97 bits per heavy atom. The van der Waals surface area contributed by atoms with Gasteiger partial charge in [-0.2, -0.15) is 10.4 Å². The molecule has 4 aliphatic rings. The van der Waals surface area contributed by atoms with E-state index in [4.69, 9.17) is 5.10 Å². The van der Waals surface area contributed by atoms with Crippen molar-refractivity contribution >= 4 is 45.8 Å². The number of nitriles is 1. The number of hydrogen-bond donors (Lipinski definition) is 2. The number of piperazine rings is 1. The Balaban J connectivity index is 1.27. The summed E-state index contributed by atoms with van der Waals surface area (Å²) in [5.41, 5.74) is 2.25. The summed E-state index contributed by atoms with van der Waals surface area (Å²) in [5.74, 6) is 0.610. The lowest BCUT2D eigenvalue weighted by molar-refractivity contribution is -0.137. The smallest absolute Gasteiger partial charge is 0.291 e. The van der Waals surface area contributed by atoms with Crippen molar-refractivity contribution in [1.29, 1.82) is 5.26 Å². The monoisotopic (exact) mass is 571 g/mol. The van der Waals surface area contributed by atoms with Crippen LogP contribution < -0.4 is 14.9 Å². The lowest BCUT2D eigenvalue weighted by Gasteiger charge is -2.39. The average molecular weight is 572 g/mol. The maximum absolute atomic E-state index is 13.3. The zero-order chi connectivity index (χ0) is 26.7. The molecule has 39 heavy (non-hydrogen) atoms. The number of carbonyl (C=O) groups is 1. The van der Waals surface area contributed by atoms with Gasteiger partial charge in [0.2, 0.25) is 11.0 Å². The second-order valence-corrected chi connectivity index (χ2v) is 12.6. The van der Waals surface area contributed by atoms with Gasteiger partial charge in [-0.3, -0.25) is 4.79 Å². The molecule has 0 unspecified atom stereocenters. The third-order valence-electron chi connectivity index (χ3n) is 7.92. The van der Waals surface area contributed by atoms with Crippen molar-refractivity contribution in [3.63, 3.8) is 0 Å². The Morgan fingerprint density at radius 1 is 1.21 bits per heavy atom. The molecule has 3 aromatic rings. The van der Waals surface area contributed by atoms with Gasteiger partial charge in [0.25, 0.3) is 6.43 Å². The van der Waals surface area contributed by atoms with E-state index in [1.54, 1.807) is 4.68 Å². The molecule has 14 heteroatoms. The highest BCUT2D eigenvalue weighted by atomic mass is 32.2. The predicted octanol–water partition coefficient (Wildman–Crippen LogP) is 3.21. The van der Waals surface area contributed by atoms with Crippen molar-refractivity contribution in [1.82, 2.24) is 34.9 Å². The first kappa shape index (κ1) is 25.1. The molecule has 204 valence electrons. The molecule has 0 spiro atoms. The summed E-state index contributed by atoms with van der Waals surface area (Å²) < 4.78 is 31.7. The van der Waals surface area contributed by atoms with Crippen molar-refractivity contribution in [2.75, 3.05) is 44.2 Å². The molecule has 0 bridgehead atoms. The summed E-state index contributed by atoms with van der Waals surface area (Å²) in [6.07, 6.45) is 0.989. The first-order chi connectivity index (χ1) is 18.9. The normalized spacial score (nSPS) is 20.9. The first-order valence-corrected chi connectivity index (χ1v) is 14.9. The molecule has 2 aliphatic heterocycles. The fourth-order valence-corrected chi connectivity index (χ4v) is 6.70. The van der Waals surface area contributed by atoms with Crippen LogP contribution in [-0.2, 0) is 4.79 Å². The van der Waals surface area contributed by atoms with Gasteiger partial charge in [-0.15, -0.1) is 10.2 Å². The zero-order valence-electron chi connectivity index (χ0n) is 21.1. The second kappa shape index (κ2) is 9.65. The van der Waals surface area contributed by atoms with E-state index in [1.165, 1.54) is 11.9 Å². The van der Waals surface area contributed by atoms with Crippen LogP contribution in [0.1, 0.15) is 48.7 Å². The molecule has 0 radical (unpaired) electrons. The van der Waals surface area contributed by atoms with Crippen LogP contribution in [0.5, 0.6) is 0 Å².